The van der Waals surface area contributed by atoms with Crippen molar-refractivity contribution in [1.82, 2.24) is 4.90 Å². The van der Waals surface area contributed by atoms with E-state index in [1.54, 1.807) is 0 Å². The minimum absolute atomic E-state index is 0.500. The molecule has 0 aliphatic carbocycles. The topological polar surface area (TPSA) is 3.24 Å². The number of allylic oxidation sites excluding steroid dienone is 1. The van der Waals surface area contributed by atoms with E-state index in [9.17, 15) is 0 Å². The number of rotatable bonds is 1. The lowest BCUT2D eigenvalue weighted by atomic mass is 10.0. The highest BCUT2D eigenvalue weighted by atomic mass is 15.1. The fraction of sp³-hybridized carbons (Fsp3) is 0.714. The van der Waals surface area contributed by atoms with Crippen LogP contribution in [0.2, 0.25) is 0 Å². The van der Waals surface area contributed by atoms with Crippen molar-refractivity contribution in [3.8, 4) is 0 Å². The zero-order valence-corrected chi connectivity index (χ0v) is 11.2. The van der Waals surface area contributed by atoms with Gasteiger partial charge in [0.15, 0.2) is 0 Å². The molecule has 15 heavy (non-hydrogen) atoms. The van der Waals surface area contributed by atoms with Crippen molar-refractivity contribution in [2.24, 2.45) is 5.41 Å². The highest BCUT2D eigenvalue weighted by Crippen LogP contribution is 2.16. The van der Waals surface area contributed by atoms with Crippen LogP contribution in [0.4, 0.5) is 0 Å². The molecule has 0 N–H and O–H groups in total. The third-order valence-electron chi connectivity index (χ3n) is 2.01. The predicted octanol–water partition coefficient (Wildman–Crippen LogP) is 4.22. The molecule has 0 spiro atoms. The molecule has 0 aromatic heterocycles. The molecule has 1 fully saturated rings. The van der Waals surface area contributed by atoms with Crippen LogP contribution >= 0.6 is 0 Å². The SMILES string of the molecule is C=C1CCN(C(=C)C)CC1.CC(C)(C)C. The van der Waals surface area contributed by atoms with Gasteiger partial charge in [0.05, 0.1) is 0 Å². The maximum absolute atomic E-state index is 3.95. The Kier molecular flexibility index (Phi) is 5.71. The summed E-state index contributed by atoms with van der Waals surface area (Å²) >= 11 is 0. The Hall–Kier alpha value is -0.720. The van der Waals surface area contributed by atoms with Crippen LogP contribution in [0.25, 0.3) is 0 Å². The predicted molar refractivity (Wildman–Crippen MR) is 69.9 cm³/mol. The molecule has 0 aromatic rings. The van der Waals surface area contributed by atoms with Crippen molar-refractivity contribution in [2.75, 3.05) is 13.1 Å². The van der Waals surface area contributed by atoms with Gasteiger partial charge in [0.2, 0.25) is 0 Å². The lowest BCUT2D eigenvalue weighted by Gasteiger charge is -2.29. The average Bonchev–Trinajstić information content (AvgIpc) is 2.01. The van der Waals surface area contributed by atoms with Crippen molar-refractivity contribution in [3.63, 3.8) is 0 Å². The minimum atomic E-state index is 0.500. The van der Waals surface area contributed by atoms with Gasteiger partial charge in [-0.25, -0.2) is 0 Å². The van der Waals surface area contributed by atoms with Crippen LogP contribution < -0.4 is 0 Å². The molecular formula is C14H27N. The molecule has 1 nitrogen and oxygen atoms in total. The standard InChI is InChI=1S/C9H15N.C5H12/c1-8(2)10-6-4-9(3)5-7-10;1-5(2,3)4/h1,3-7H2,2H3;1-4H3. The summed E-state index contributed by atoms with van der Waals surface area (Å²) in [6, 6.07) is 0. The van der Waals surface area contributed by atoms with Crippen LogP contribution in [0.5, 0.6) is 0 Å². The average molecular weight is 209 g/mol. The lowest BCUT2D eigenvalue weighted by Crippen LogP contribution is -2.28. The molecule has 0 aromatic carbocycles. The molecule has 1 heteroatoms. The van der Waals surface area contributed by atoms with Crippen molar-refractivity contribution >= 4 is 0 Å². The van der Waals surface area contributed by atoms with Gasteiger partial charge >= 0.3 is 0 Å². The third kappa shape index (κ3) is 9.58. The lowest BCUT2D eigenvalue weighted by molar-refractivity contribution is 0.324. The summed E-state index contributed by atoms with van der Waals surface area (Å²) in [7, 11) is 0. The first-order valence-electron chi connectivity index (χ1n) is 5.77. The molecule has 0 bridgehead atoms. The first-order valence-corrected chi connectivity index (χ1v) is 5.77. The second kappa shape index (κ2) is 5.99. The summed E-state index contributed by atoms with van der Waals surface area (Å²) in [4.78, 5) is 2.31. The molecule has 1 aliphatic rings. The molecule has 0 amide bonds. The van der Waals surface area contributed by atoms with Gasteiger partial charge in [-0.2, -0.15) is 0 Å². The molecule has 1 saturated heterocycles. The van der Waals surface area contributed by atoms with E-state index >= 15 is 0 Å². The quantitative estimate of drug-likeness (QED) is 0.584. The van der Waals surface area contributed by atoms with Crippen molar-refractivity contribution in [1.29, 1.82) is 0 Å². The molecule has 1 rings (SSSR count). The summed E-state index contributed by atoms with van der Waals surface area (Å²) in [6.07, 6.45) is 2.29. The monoisotopic (exact) mass is 209 g/mol. The Morgan fingerprint density at radius 3 is 1.73 bits per heavy atom. The Balaban J connectivity index is 0.000000336. The maximum Gasteiger partial charge on any atom is 0.0212 e. The van der Waals surface area contributed by atoms with Crippen molar-refractivity contribution in [2.45, 2.75) is 47.5 Å². The van der Waals surface area contributed by atoms with Crippen LogP contribution in [0.3, 0.4) is 0 Å². The molecule has 88 valence electrons. The first-order chi connectivity index (χ1) is 6.70. The fourth-order valence-corrected chi connectivity index (χ4v) is 1.20. The highest BCUT2D eigenvalue weighted by molar-refractivity contribution is 5.03. The Morgan fingerprint density at radius 1 is 1.13 bits per heavy atom. The van der Waals surface area contributed by atoms with Crippen LogP contribution in [-0.4, -0.2) is 18.0 Å². The number of nitrogens with zero attached hydrogens (tertiary/aromatic N) is 1. The zero-order valence-electron chi connectivity index (χ0n) is 11.2. The highest BCUT2D eigenvalue weighted by Gasteiger charge is 2.10. The summed E-state index contributed by atoms with van der Waals surface area (Å²) in [5, 5.41) is 0. The molecule has 0 radical (unpaired) electrons. The minimum Gasteiger partial charge on any atom is -0.375 e. The van der Waals surface area contributed by atoms with Gasteiger partial charge in [-0.3, -0.25) is 0 Å². The van der Waals surface area contributed by atoms with Crippen LogP contribution in [0.1, 0.15) is 47.5 Å². The number of hydrogen-bond acceptors (Lipinski definition) is 1. The third-order valence-corrected chi connectivity index (χ3v) is 2.01. The Labute approximate surface area is 95.9 Å². The normalized spacial score (nSPS) is 16.9. The van der Waals surface area contributed by atoms with E-state index in [4.69, 9.17) is 0 Å². The van der Waals surface area contributed by atoms with Gasteiger partial charge < -0.3 is 4.90 Å². The van der Waals surface area contributed by atoms with Gasteiger partial charge in [-0.05, 0) is 25.2 Å². The molecule has 0 atom stereocenters. The van der Waals surface area contributed by atoms with Gasteiger partial charge in [-0.15, -0.1) is 0 Å². The molecule has 1 heterocycles. The molecule has 0 saturated carbocycles. The molecular weight excluding hydrogens is 182 g/mol. The van der Waals surface area contributed by atoms with E-state index in [1.807, 2.05) is 0 Å². The number of piperidine rings is 1. The summed E-state index contributed by atoms with van der Waals surface area (Å²) in [5.41, 5.74) is 3.07. The van der Waals surface area contributed by atoms with Gasteiger partial charge in [0, 0.05) is 18.8 Å². The summed E-state index contributed by atoms with van der Waals surface area (Å²) < 4.78 is 0. The second-order valence-electron chi connectivity index (χ2n) is 5.97. The second-order valence-corrected chi connectivity index (χ2v) is 5.97. The first kappa shape index (κ1) is 14.3. The molecule has 0 unspecified atom stereocenters. The number of likely N-dealkylation sites (tertiary alicyclic amines) is 1. The zero-order chi connectivity index (χ0) is 12.1. The van der Waals surface area contributed by atoms with E-state index in [0.29, 0.717) is 5.41 Å². The summed E-state index contributed by atoms with van der Waals surface area (Å²) in [6.45, 7) is 20.9. The van der Waals surface area contributed by atoms with Crippen molar-refractivity contribution in [3.05, 3.63) is 24.4 Å². The van der Waals surface area contributed by atoms with Crippen LogP contribution in [0.15, 0.2) is 24.4 Å². The van der Waals surface area contributed by atoms with E-state index in [0.717, 1.165) is 25.9 Å². The van der Waals surface area contributed by atoms with Crippen LogP contribution in [-0.2, 0) is 0 Å². The van der Waals surface area contributed by atoms with Gasteiger partial charge in [0.1, 0.15) is 0 Å². The Morgan fingerprint density at radius 2 is 1.47 bits per heavy atom. The summed E-state index contributed by atoms with van der Waals surface area (Å²) in [5.74, 6) is 0. The van der Waals surface area contributed by atoms with E-state index in [-0.39, 0.29) is 0 Å². The largest absolute Gasteiger partial charge is 0.375 e. The Bertz CT molecular complexity index is 204. The van der Waals surface area contributed by atoms with Gasteiger partial charge in [-0.1, -0.05) is 46.4 Å². The van der Waals surface area contributed by atoms with E-state index in [1.165, 1.54) is 11.3 Å². The van der Waals surface area contributed by atoms with E-state index < -0.39 is 0 Å². The smallest absolute Gasteiger partial charge is 0.0212 e. The number of hydrogen-bond donors (Lipinski definition) is 0. The van der Waals surface area contributed by atoms with E-state index in [2.05, 4.69) is 52.7 Å². The van der Waals surface area contributed by atoms with Crippen LogP contribution in [0, 0.1) is 5.41 Å². The van der Waals surface area contributed by atoms with Gasteiger partial charge in [0.25, 0.3) is 0 Å². The molecule has 1 aliphatic heterocycles. The fourth-order valence-electron chi connectivity index (χ4n) is 1.20. The maximum atomic E-state index is 3.95. The van der Waals surface area contributed by atoms with Crippen molar-refractivity contribution < 1.29 is 0 Å².